The van der Waals surface area contributed by atoms with Gasteiger partial charge in [0.25, 0.3) is 0 Å². The molecule has 5 nitrogen and oxygen atoms in total. The first-order valence-corrected chi connectivity index (χ1v) is 17.3. The first kappa shape index (κ1) is 36.3. The van der Waals surface area contributed by atoms with Gasteiger partial charge in [-0.25, -0.2) is 0 Å². The number of carbonyl (C=O) groups is 2. The van der Waals surface area contributed by atoms with Crippen molar-refractivity contribution in [3.8, 4) is 11.1 Å². The van der Waals surface area contributed by atoms with E-state index in [2.05, 4.69) is 76.1 Å². The lowest BCUT2D eigenvalue weighted by atomic mass is 9.70. The van der Waals surface area contributed by atoms with Gasteiger partial charge in [-0.15, -0.1) is 0 Å². The lowest BCUT2D eigenvalue weighted by molar-refractivity contribution is -0.160. The van der Waals surface area contributed by atoms with Crippen molar-refractivity contribution in [1.82, 2.24) is 10.2 Å². The zero-order valence-electron chi connectivity index (χ0n) is 28.4. The van der Waals surface area contributed by atoms with Crippen molar-refractivity contribution in [2.24, 2.45) is 5.92 Å². The minimum atomic E-state index is -0.342. The number of fused-ring (bicyclic) bond motifs is 1. The number of rotatable bonds is 19. The Labute approximate surface area is 258 Å². The van der Waals surface area contributed by atoms with Gasteiger partial charge in [0.15, 0.2) is 0 Å². The van der Waals surface area contributed by atoms with Crippen molar-refractivity contribution in [2.45, 2.75) is 168 Å². The van der Waals surface area contributed by atoms with Gasteiger partial charge in [0.05, 0.1) is 18.6 Å². The van der Waals surface area contributed by atoms with E-state index < -0.39 is 0 Å². The van der Waals surface area contributed by atoms with Crippen LogP contribution in [0.25, 0.3) is 11.1 Å². The number of unbranched alkanes of at least 4 members (excludes halogenated alkanes) is 15. The van der Waals surface area contributed by atoms with Gasteiger partial charge < -0.3 is 10.1 Å². The third-order valence-corrected chi connectivity index (χ3v) is 9.78. The molecule has 1 amide bonds. The summed E-state index contributed by atoms with van der Waals surface area (Å²) in [5, 5.41) is 3.05. The number of likely N-dealkylation sites (tertiary alicyclic amines) is 1. The highest BCUT2D eigenvalue weighted by molar-refractivity contribution is 5.78. The molecule has 0 aromatic rings. The number of esters is 1. The van der Waals surface area contributed by atoms with Crippen LogP contribution in [0.3, 0.4) is 0 Å². The average molecular weight is 585 g/mol. The fourth-order valence-electron chi connectivity index (χ4n) is 6.58. The van der Waals surface area contributed by atoms with Crippen LogP contribution < -0.4 is 5.32 Å². The highest BCUT2D eigenvalue weighted by Crippen LogP contribution is 2.41. The summed E-state index contributed by atoms with van der Waals surface area (Å²) in [6.07, 6.45) is 22.0. The average Bonchev–Trinajstić information content (AvgIpc) is 2.93. The van der Waals surface area contributed by atoms with E-state index in [1.165, 1.54) is 108 Å². The number of carbonyl (C=O) groups excluding carboxylic acids is 2. The summed E-state index contributed by atoms with van der Waals surface area (Å²) in [6, 6.07) is 8.22. The zero-order valence-corrected chi connectivity index (χ0v) is 28.4. The molecular formula is C37H64N2O3. The molecule has 5 heteroatoms. The molecule has 2 atom stereocenters. The number of likely N-dealkylation sites (N-methyl/N-ethyl adjacent to an activating group) is 1. The summed E-state index contributed by atoms with van der Waals surface area (Å²) >= 11 is 0. The Balaban J connectivity index is 0.000000888. The topological polar surface area (TPSA) is 58.6 Å². The summed E-state index contributed by atoms with van der Waals surface area (Å²) in [6.45, 7) is 12.8. The quantitative estimate of drug-likeness (QED) is 0.132. The second-order valence-corrected chi connectivity index (χ2v) is 14.1. The molecule has 0 bridgehead atoms. The Bertz CT molecular complexity index is 887. The fourth-order valence-corrected chi connectivity index (χ4v) is 6.58. The molecule has 42 heavy (non-hydrogen) atoms. The minimum Gasteiger partial charge on any atom is -0.465 e. The van der Waals surface area contributed by atoms with E-state index in [0.717, 1.165) is 12.8 Å². The molecule has 3 rings (SSSR count). The molecular weight excluding hydrogens is 520 g/mol. The Kier molecular flexibility index (Phi) is 16.2. The van der Waals surface area contributed by atoms with E-state index in [4.69, 9.17) is 4.74 Å². The molecule has 1 saturated heterocycles. The van der Waals surface area contributed by atoms with E-state index in [-0.39, 0.29) is 34.9 Å². The van der Waals surface area contributed by atoms with E-state index in [0.29, 0.717) is 13.0 Å². The van der Waals surface area contributed by atoms with Crippen LogP contribution >= 0.6 is 0 Å². The molecule has 3 aliphatic rings. The van der Waals surface area contributed by atoms with Gasteiger partial charge in [-0.1, -0.05) is 128 Å². The molecule has 2 unspecified atom stereocenters. The van der Waals surface area contributed by atoms with Gasteiger partial charge >= 0.3 is 5.97 Å². The van der Waals surface area contributed by atoms with E-state index in [1.807, 2.05) is 0 Å². The third-order valence-electron chi connectivity index (χ3n) is 9.78. The van der Waals surface area contributed by atoms with Crippen LogP contribution in [0.15, 0.2) is 24.3 Å². The van der Waals surface area contributed by atoms with Crippen molar-refractivity contribution < 1.29 is 14.3 Å². The molecule has 1 aliphatic heterocycles. The number of ether oxygens (including phenoxy) is 1. The first-order chi connectivity index (χ1) is 20.0. The van der Waals surface area contributed by atoms with Crippen molar-refractivity contribution in [2.75, 3.05) is 13.7 Å². The van der Waals surface area contributed by atoms with Gasteiger partial charge in [0, 0.05) is 18.0 Å². The molecule has 0 spiro atoms. The second-order valence-electron chi connectivity index (χ2n) is 14.1. The smallest absolute Gasteiger partial charge is 0.311 e. The standard InChI is InChI=1S/C31H60N2O3.C6H4/c1-8-9-10-11-12-13-14-15-16-17-18-19-20-21-22-23-24-36-29(35)27-25-30(3,4)33(7)31(5,6)28(27)32-26(2)34;1-2-6-4-3-5(1)6/h27-28H,8-25H2,1-7H3,(H,32,34);1-4H. The Hall–Kier alpha value is -1.88. The number of piperidine rings is 1. The lowest BCUT2D eigenvalue weighted by Gasteiger charge is -2.57. The van der Waals surface area contributed by atoms with E-state index >= 15 is 0 Å². The van der Waals surface area contributed by atoms with Gasteiger partial charge in [-0.05, 0) is 58.7 Å². The van der Waals surface area contributed by atoms with Crippen LogP contribution in [-0.4, -0.2) is 47.6 Å². The highest BCUT2D eigenvalue weighted by atomic mass is 16.5. The van der Waals surface area contributed by atoms with E-state index in [1.54, 1.807) is 0 Å². The predicted octanol–water partition coefficient (Wildman–Crippen LogP) is 9.47. The highest BCUT2D eigenvalue weighted by Gasteiger charge is 2.53. The van der Waals surface area contributed by atoms with Gasteiger partial charge in [-0.2, -0.15) is 0 Å². The first-order valence-electron chi connectivity index (χ1n) is 17.3. The number of nitrogens with zero attached hydrogens (tertiary/aromatic N) is 1. The molecule has 240 valence electrons. The number of hydrogen-bond acceptors (Lipinski definition) is 4. The third kappa shape index (κ3) is 12.0. The molecule has 0 radical (unpaired) electrons. The summed E-state index contributed by atoms with van der Waals surface area (Å²) < 4.78 is 5.73. The minimum absolute atomic E-state index is 0.100. The van der Waals surface area contributed by atoms with Crippen molar-refractivity contribution in [3.63, 3.8) is 0 Å². The molecule has 0 aromatic heterocycles. The Morgan fingerprint density at radius 3 is 1.52 bits per heavy atom. The fraction of sp³-hybridized carbons (Fsp3) is 0.784. The maximum atomic E-state index is 13.0. The molecule has 1 N–H and O–H groups in total. The van der Waals surface area contributed by atoms with Crippen LogP contribution in [0, 0.1) is 5.92 Å². The largest absolute Gasteiger partial charge is 0.465 e. The van der Waals surface area contributed by atoms with Crippen LogP contribution in [0.2, 0.25) is 0 Å². The molecule has 2 aliphatic carbocycles. The van der Waals surface area contributed by atoms with Crippen LogP contribution in [0.4, 0.5) is 0 Å². The summed E-state index contributed by atoms with van der Waals surface area (Å²) in [5.41, 5.74) is 2.37. The molecule has 0 aromatic carbocycles. The summed E-state index contributed by atoms with van der Waals surface area (Å²) in [5.74, 6) is -0.586. The van der Waals surface area contributed by atoms with Gasteiger partial charge in [0.1, 0.15) is 0 Å². The number of nitrogens with one attached hydrogen (secondary N) is 1. The van der Waals surface area contributed by atoms with Gasteiger partial charge in [-0.3, -0.25) is 14.5 Å². The number of amides is 1. The summed E-state index contributed by atoms with van der Waals surface area (Å²) in [4.78, 5) is 27.2. The Morgan fingerprint density at radius 1 is 0.762 bits per heavy atom. The number of benzene rings is 1. The molecule has 1 heterocycles. The summed E-state index contributed by atoms with van der Waals surface area (Å²) in [7, 11) is 2.08. The van der Waals surface area contributed by atoms with Gasteiger partial charge in [0.2, 0.25) is 5.91 Å². The Morgan fingerprint density at radius 2 is 1.17 bits per heavy atom. The maximum Gasteiger partial charge on any atom is 0.311 e. The lowest BCUT2D eigenvalue weighted by Crippen LogP contribution is -2.71. The monoisotopic (exact) mass is 584 g/mol. The van der Waals surface area contributed by atoms with Crippen molar-refractivity contribution in [1.29, 1.82) is 0 Å². The molecule has 1 fully saturated rings. The van der Waals surface area contributed by atoms with Crippen LogP contribution in [0.5, 0.6) is 0 Å². The molecule has 0 saturated carbocycles. The number of hydrogen-bond donors (Lipinski definition) is 1. The van der Waals surface area contributed by atoms with Crippen LogP contribution in [-0.2, 0) is 14.3 Å². The maximum absolute atomic E-state index is 13.0. The van der Waals surface area contributed by atoms with Crippen LogP contribution in [0.1, 0.15) is 151 Å². The van der Waals surface area contributed by atoms with Crippen molar-refractivity contribution >= 4 is 11.9 Å². The van der Waals surface area contributed by atoms with Crippen molar-refractivity contribution in [3.05, 3.63) is 24.3 Å². The predicted molar refractivity (Wildman–Crippen MR) is 178 cm³/mol. The van der Waals surface area contributed by atoms with E-state index in [9.17, 15) is 9.59 Å². The second kappa shape index (κ2) is 18.7. The zero-order chi connectivity index (χ0) is 31.0. The SMILES string of the molecule is CCCCCCCCCCCCCCCCCCOC(=O)C1CC(C)(C)N(C)C(C)(C)C1NC(C)=O.c1cc2ccc1-2. The normalized spacial score (nSPS) is 19.9.